The summed E-state index contributed by atoms with van der Waals surface area (Å²) in [6, 6.07) is 20.3. The van der Waals surface area contributed by atoms with E-state index in [1.165, 1.54) is 53.4 Å². The summed E-state index contributed by atoms with van der Waals surface area (Å²) < 4.78 is 2.32. The topological polar surface area (TPSA) is 8.17 Å². The van der Waals surface area contributed by atoms with Crippen LogP contribution in [0, 0.1) is 0 Å². The van der Waals surface area contributed by atoms with Crippen LogP contribution in [-0.2, 0) is 19.9 Å². The minimum atomic E-state index is 1.12. The van der Waals surface area contributed by atoms with Crippen molar-refractivity contribution in [2.24, 2.45) is 7.05 Å². The Morgan fingerprint density at radius 3 is 2.54 bits per heavy atom. The maximum absolute atomic E-state index is 2.41. The SMILES string of the molecule is CN1c2sccc2CCc2cc(-c3ccc4c5ccccc5n(C)c4c3)sc21. The van der Waals surface area contributed by atoms with Crippen molar-refractivity contribution in [1.82, 2.24) is 4.57 Å². The number of aromatic nitrogens is 1. The molecule has 5 aromatic rings. The van der Waals surface area contributed by atoms with Gasteiger partial charge in [-0.25, -0.2) is 0 Å². The van der Waals surface area contributed by atoms with Gasteiger partial charge in [-0.1, -0.05) is 30.3 Å². The molecule has 0 spiro atoms. The first-order valence-corrected chi connectivity index (χ1v) is 11.3. The lowest BCUT2D eigenvalue weighted by Crippen LogP contribution is -2.06. The summed E-state index contributed by atoms with van der Waals surface area (Å²) >= 11 is 3.77. The maximum Gasteiger partial charge on any atom is 0.0995 e. The molecule has 0 N–H and O–H groups in total. The monoisotopic (exact) mass is 400 g/mol. The van der Waals surface area contributed by atoms with Gasteiger partial charge in [-0.05, 0) is 59.2 Å². The van der Waals surface area contributed by atoms with E-state index >= 15 is 0 Å². The van der Waals surface area contributed by atoms with E-state index in [1.807, 2.05) is 22.7 Å². The Morgan fingerprint density at radius 1 is 0.786 bits per heavy atom. The fraction of sp³-hybridized carbons (Fsp3) is 0.167. The molecule has 2 nitrogen and oxygen atoms in total. The normalized spacial score (nSPS) is 13.7. The Labute approximate surface area is 172 Å². The van der Waals surface area contributed by atoms with Crippen LogP contribution in [-0.4, -0.2) is 11.6 Å². The highest BCUT2D eigenvalue weighted by Crippen LogP contribution is 2.45. The lowest BCUT2D eigenvalue weighted by molar-refractivity contribution is 0.985. The zero-order valence-electron chi connectivity index (χ0n) is 15.9. The summed E-state index contributed by atoms with van der Waals surface area (Å²) in [5.74, 6) is 0. The summed E-state index contributed by atoms with van der Waals surface area (Å²) in [5.41, 5.74) is 6.87. The smallest absolute Gasteiger partial charge is 0.0995 e. The van der Waals surface area contributed by atoms with E-state index in [9.17, 15) is 0 Å². The quantitative estimate of drug-likeness (QED) is 0.294. The number of hydrogen-bond acceptors (Lipinski definition) is 3. The predicted molar refractivity (Wildman–Crippen MR) is 124 cm³/mol. The highest BCUT2D eigenvalue weighted by molar-refractivity contribution is 7.20. The highest BCUT2D eigenvalue weighted by Gasteiger charge is 2.22. The van der Waals surface area contributed by atoms with Crippen molar-refractivity contribution in [3.8, 4) is 10.4 Å². The first kappa shape index (κ1) is 16.4. The molecule has 0 unspecified atom stereocenters. The molecule has 0 fully saturated rings. The molecule has 0 aliphatic carbocycles. The maximum atomic E-state index is 2.41. The number of anilines is 2. The standard InChI is InChI=1S/C24H20N2S2/c1-25-20-6-4-3-5-18(20)19-10-9-16(13-21(19)25)22-14-17-8-7-15-11-12-27-23(15)26(2)24(17)28-22/h3-6,9-14H,7-8H2,1-2H3. The van der Waals surface area contributed by atoms with Gasteiger partial charge in [0, 0.05) is 40.8 Å². The van der Waals surface area contributed by atoms with Crippen LogP contribution in [0.5, 0.6) is 0 Å². The van der Waals surface area contributed by atoms with E-state index in [0.717, 1.165) is 12.8 Å². The summed E-state index contributed by atoms with van der Waals surface area (Å²) in [7, 11) is 4.39. The van der Waals surface area contributed by atoms with E-state index in [-0.39, 0.29) is 0 Å². The molecule has 0 radical (unpaired) electrons. The van der Waals surface area contributed by atoms with Crippen LogP contribution >= 0.6 is 22.7 Å². The molecule has 1 aliphatic heterocycles. The number of para-hydroxylation sites is 1. The van der Waals surface area contributed by atoms with E-state index < -0.39 is 0 Å². The second kappa shape index (κ2) is 5.97. The average molecular weight is 401 g/mol. The van der Waals surface area contributed by atoms with Gasteiger partial charge in [0.05, 0.1) is 10.0 Å². The van der Waals surface area contributed by atoms with Crippen molar-refractivity contribution in [3.05, 3.63) is 71.1 Å². The van der Waals surface area contributed by atoms with Crippen molar-refractivity contribution < 1.29 is 0 Å². The first-order valence-electron chi connectivity index (χ1n) is 9.61. The Kier molecular flexibility index (Phi) is 3.49. The van der Waals surface area contributed by atoms with E-state index in [1.54, 1.807) is 0 Å². The van der Waals surface area contributed by atoms with Crippen LogP contribution in [0.25, 0.3) is 32.2 Å². The molecule has 138 valence electrons. The number of hydrogen-bond donors (Lipinski definition) is 0. The third-order valence-electron chi connectivity index (χ3n) is 5.98. The van der Waals surface area contributed by atoms with Gasteiger partial charge in [0.1, 0.15) is 0 Å². The van der Waals surface area contributed by atoms with Gasteiger partial charge in [0.25, 0.3) is 0 Å². The van der Waals surface area contributed by atoms with Crippen LogP contribution in [0.4, 0.5) is 10.0 Å². The number of fused-ring (bicyclic) bond motifs is 5. The molecule has 4 heteroatoms. The molecule has 0 amide bonds. The number of aryl methyl sites for hydroxylation is 3. The molecular weight excluding hydrogens is 380 g/mol. The molecule has 28 heavy (non-hydrogen) atoms. The lowest BCUT2D eigenvalue weighted by Gasteiger charge is -2.16. The minimum Gasteiger partial charge on any atom is -0.344 e. The van der Waals surface area contributed by atoms with Crippen LogP contribution in [0.3, 0.4) is 0 Å². The van der Waals surface area contributed by atoms with Crippen molar-refractivity contribution >= 4 is 54.5 Å². The summed E-state index contributed by atoms with van der Waals surface area (Å²) in [4.78, 5) is 3.76. The van der Waals surface area contributed by atoms with Gasteiger partial charge < -0.3 is 9.47 Å². The van der Waals surface area contributed by atoms with Crippen molar-refractivity contribution in [2.45, 2.75) is 12.8 Å². The summed E-state index contributed by atoms with van der Waals surface area (Å²) in [5, 5.41) is 7.68. The fourth-order valence-corrected chi connectivity index (χ4v) is 6.68. The number of benzene rings is 2. The third-order valence-corrected chi connectivity index (χ3v) is 8.32. The predicted octanol–water partition coefficient (Wildman–Crippen LogP) is 6.99. The van der Waals surface area contributed by atoms with Gasteiger partial charge in [-0.2, -0.15) is 0 Å². The Balaban J connectivity index is 1.50. The molecule has 6 rings (SSSR count). The molecule has 0 saturated carbocycles. The largest absolute Gasteiger partial charge is 0.344 e. The van der Waals surface area contributed by atoms with Gasteiger partial charge in [-0.3, -0.25) is 0 Å². The van der Waals surface area contributed by atoms with Crippen LogP contribution in [0.15, 0.2) is 60.0 Å². The zero-order valence-corrected chi connectivity index (χ0v) is 17.5. The highest BCUT2D eigenvalue weighted by atomic mass is 32.1. The summed E-state index contributed by atoms with van der Waals surface area (Å²) in [6.07, 6.45) is 2.25. The molecule has 1 aliphatic rings. The molecule has 0 saturated heterocycles. The number of rotatable bonds is 1. The van der Waals surface area contributed by atoms with Crippen LogP contribution < -0.4 is 4.90 Å². The van der Waals surface area contributed by atoms with Crippen molar-refractivity contribution in [2.75, 3.05) is 11.9 Å². The minimum absolute atomic E-state index is 1.12. The molecule has 2 aromatic carbocycles. The fourth-order valence-electron chi connectivity index (χ4n) is 4.51. The van der Waals surface area contributed by atoms with Gasteiger partial charge >= 0.3 is 0 Å². The van der Waals surface area contributed by atoms with E-state index in [4.69, 9.17) is 0 Å². The van der Waals surface area contributed by atoms with Gasteiger partial charge in [0.15, 0.2) is 0 Å². The van der Waals surface area contributed by atoms with Crippen molar-refractivity contribution in [1.29, 1.82) is 0 Å². The van der Waals surface area contributed by atoms with E-state index in [0.29, 0.717) is 0 Å². The molecule has 0 bridgehead atoms. The van der Waals surface area contributed by atoms with Crippen LogP contribution in [0.1, 0.15) is 11.1 Å². The van der Waals surface area contributed by atoms with Gasteiger partial charge in [-0.15, -0.1) is 22.7 Å². The molecule has 4 heterocycles. The third kappa shape index (κ3) is 2.25. The van der Waals surface area contributed by atoms with Crippen LogP contribution in [0.2, 0.25) is 0 Å². The van der Waals surface area contributed by atoms with E-state index in [2.05, 4.69) is 83.5 Å². The lowest BCUT2D eigenvalue weighted by atomic mass is 10.1. The molecule has 3 aromatic heterocycles. The van der Waals surface area contributed by atoms with Crippen molar-refractivity contribution in [3.63, 3.8) is 0 Å². The Morgan fingerprint density at radius 2 is 1.61 bits per heavy atom. The number of nitrogens with zero attached hydrogens (tertiary/aromatic N) is 2. The second-order valence-corrected chi connectivity index (χ2v) is 9.48. The van der Waals surface area contributed by atoms with Gasteiger partial charge in [0.2, 0.25) is 0 Å². The molecular formula is C24H20N2S2. The molecule has 0 atom stereocenters. The second-order valence-electron chi connectivity index (χ2n) is 7.56. The summed E-state index contributed by atoms with van der Waals surface area (Å²) in [6.45, 7) is 0. The average Bonchev–Trinajstić information content (AvgIpc) is 3.41. The number of thiophene rings is 2. The zero-order chi connectivity index (χ0) is 18.8. The first-order chi connectivity index (χ1) is 13.7. The Bertz CT molecular complexity index is 1350. The Hall–Kier alpha value is -2.56.